The van der Waals surface area contributed by atoms with Crippen molar-refractivity contribution in [3.8, 4) is 0 Å². The zero-order valence-corrected chi connectivity index (χ0v) is 12.0. The Morgan fingerprint density at radius 2 is 2.47 bits per heavy atom. The van der Waals surface area contributed by atoms with Crippen molar-refractivity contribution in [3.63, 3.8) is 0 Å². The molecule has 0 bridgehead atoms. The fourth-order valence-electron chi connectivity index (χ4n) is 2.94. The number of hydrogen-bond donors (Lipinski definition) is 1. The van der Waals surface area contributed by atoms with Gasteiger partial charge in [-0.2, -0.15) is 0 Å². The Morgan fingerprint density at radius 1 is 1.58 bits per heavy atom. The first kappa shape index (κ1) is 13.1. The molecule has 2 atom stereocenters. The van der Waals surface area contributed by atoms with Crippen molar-refractivity contribution in [2.75, 3.05) is 33.4 Å². The van der Waals surface area contributed by atoms with Gasteiger partial charge in [-0.05, 0) is 36.9 Å². The predicted molar refractivity (Wildman–Crippen MR) is 75.3 cm³/mol. The van der Waals surface area contributed by atoms with Gasteiger partial charge in [-0.15, -0.1) is 11.3 Å². The smallest absolute Gasteiger partial charge is 0.245 e. The predicted octanol–water partition coefficient (Wildman–Crippen LogP) is 1.43. The number of rotatable bonds is 3. The van der Waals surface area contributed by atoms with Gasteiger partial charge in [-0.3, -0.25) is 4.79 Å². The monoisotopic (exact) mass is 280 g/mol. The van der Waals surface area contributed by atoms with E-state index < -0.39 is 0 Å². The Labute approximate surface area is 117 Å². The van der Waals surface area contributed by atoms with Crippen molar-refractivity contribution in [2.45, 2.75) is 18.9 Å². The first-order valence-electron chi connectivity index (χ1n) is 6.89. The number of thiophene rings is 1. The van der Waals surface area contributed by atoms with Crippen LogP contribution in [0.1, 0.15) is 22.9 Å². The highest BCUT2D eigenvalue weighted by Crippen LogP contribution is 2.30. The second-order valence-electron chi connectivity index (χ2n) is 5.30. The maximum absolute atomic E-state index is 12.7. The summed E-state index contributed by atoms with van der Waals surface area (Å²) in [7, 11) is 1.87. The van der Waals surface area contributed by atoms with E-state index in [1.54, 1.807) is 11.3 Å². The Kier molecular flexibility index (Phi) is 3.86. The molecule has 1 fully saturated rings. The summed E-state index contributed by atoms with van der Waals surface area (Å²) in [6.45, 7) is 3.31. The molecule has 3 heterocycles. The molecule has 2 aliphatic rings. The second kappa shape index (κ2) is 5.61. The molecule has 0 saturated carbocycles. The van der Waals surface area contributed by atoms with Crippen LogP contribution in [0.25, 0.3) is 0 Å². The van der Waals surface area contributed by atoms with Crippen molar-refractivity contribution >= 4 is 17.2 Å². The lowest BCUT2D eigenvalue weighted by atomic mass is 10.1. The summed E-state index contributed by atoms with van der Waals surface area (Å²) >= 11 is 1.69. The van der Waals surface area contributed by atoms with Gasteiger partial charge in [0, 0.05) is 30.5 Å². The highest BCUT2D eigenvalue weighted by atomic mass is 32.1. The molecule has 2 unspecified atom stereocenters. The molecular formula is C14H20N2O2S. The number of carbonyl (C=O) groups excluding carboxylic acids is 1. The molecule has 0 spiro atoms. The number of hydrogen-bond acceptors (Lipinski definition) is 4. The average molecular weight is 280 g/mol. The van der Waals surface area contributed by atoms with Crippen LogP contribution in [-0.4, -0.2) is 44.2 Å². The average Bonchev–Trinajstić information content (AvgIpc) is 3.04. The Bertz CT molecular complexity index is 454. The van der Waals surface area contributed by atoms with E-state index in [2.05, 4.69) is 16.8 Å². The number of nitrogens with one attached hydrogen (secondary N) is 1. The first-order chi connectivity index (χ1) is 9.29. The zero-order valence-electron chi connectivity index (χ0n) is 11.2. The summed E-state index contributed by atoms with van der Waals surface area (Å²) in [6, 6.07) is 1.99. The molecule has 19 heavy (non-hydrogen) atoms. The molecule has 1 saturated heterocycles. The molecule has 1 aromatic heterocycles. The van der Waals surface area contributed by atoms with E-state index in [4.69, 9.17) is 4.74 Å². The highest BCUT2D eigenvalue weighted by molar-refractivity contribution is 7.10. The number of ether oxygens (including phenoxy) is 1. The number of carbonyl (C=O) groups is 1. The lowest BCUT2D eigenvalue weighted by molar-refractivity contribution is -0.133. The van der Waals surface area contributed by atoms with E-state index in [0.717, 1.165) is 39.1 Å². The van der Waals surface area contributed by atoms with Crippen molar-refractivity contribution in [3.05, 3.63) is 21.9 Å². The fourth-order valence-corrected chi connectivity index (χ4v) is 4.00. The second-order valence-corrected chi connectivity index (χ2v) is 6.24. The third-order valence-corrected chi connectivity index (χ3v) is 5.07. The minimum atomic E-state index is -0.167. The van der Waals surface area contributed by atoms with Crippen LogP contribution in [0.15, 0.2) is 11.4 Å². The van der Waals surface area contributed by atoms with Gasteiger partial charge >= 0.3 is 0 Å². The van der Waals surface area contributed by atoms with Gasteiger partial charge in [0.1, 0.15) is 6.04 Å². The molecule has 0 radical (unpaired) electrons. The van der Waals surface area contributed by atoms with Gasteiger partial charge in [0.05, 0.1) is 6.61 Å². The minimum Gasteiger partial charge on any atom is -0.381 e. The topological polar surface area (TPSA) is 41.6 Å². The summed E-state index contributed by atoms with van der Waals surface area (Å²) < 4.78 is 5.41. The number of likely N-dealkylation sites (N-methyl/N-ethyl adjacent to an activating group) is 1. The summed E-state index contributed by atoms with van der Waals surface area (Å²) in [6.07, 6.45) is 2.05. The third-order valence-electron chi connectivity index (χ3n) is 4.04. The van der Waals surface area contributed by atoms with Crippen molar-refractivity contribution in [2.24, 2.45) is 5.92 Å². The largest absolute Gasteiger partial charge is 0.381 e. The normalized spacial score (nSPS) is 27.4. The molecule has 1 aromatic rings. The summed E-state index contributed by atoms with van der Waals surface area (Å²) in [4.78, 5) is 15.9. The van der Waals surface area contributed by atoms with Gasteiger partial charge < -0.3 is 15.0 Å². The molecule has 3 rings (SSSR count). The van der Waals surface area contributed by atoms with Crippen molar-refractivity contribution < 1.29 is 9.53 Å². The van der Waals surface area contributed by atoms with Crippen LogP contribution in [0.4, 0.5) is 0 Å². The Morgan fingerprint density at radius 3 is 3.21 bits per heavy atom. The maximum Gasteiger partial charge on any atom is 0.245 e. The summed E-state index contributed by atoms with van der Waals surface area (Å²) in [5, 5.41) is 5.26. The van der Waals surface area contributed by atoms with E-state index in [9.17, 15) is 4.79 Å². The van der Waals surface area contributed by atoms with Crippen LogP contribution >= 0.6 is 11.3 Å². The third kappa shape index (κ3) is 2.55. The zero-order chi connectivity index (χ0) is 13.2. The van der Waals surface area contributed by atoms with E-state index in [1.165, 1.54) is 10.4 Å². The Hall–Kier alpha value is -0.910. The molecule has 5 heteroatoms. The lowest BCUT2D eigenvalue weighted by Crippen LogP contribution is -2.41. The van der Waals surface area contributed by atoms with Gasteiger partial charge in [0.2, 0.25) is 5.91 Å². The quantitative estimate of drug-likeness (QED) is 0.911. The SMILES string of the molecule is CNC1C(=O)N(CC2CCOC2)CCc2ccsc21. The van der Waals surface area contributed by atoms with Crippen LogP contribution in [0, 0.1) is 5.92 Å². The van der Waals surface area contributed by atoms with Crippen molar-refractivity contribution in [1.29, 1.82) is 0 Å². The minimum absolute atomic E-state index is 0.167. The first-order valence-corrected chi connectivity index (χ1v) is 7.77. The molecule has 2 aliphatic heterocycles. The van der Waals surface area contributed by atoms with Crippen LogP contribution in [0.2, 0.25) is 0 Å². The van der Waals surface area contributed by atoms with E-state index in [0.29, 0.717) is 5.92 Å². The van der Waals surface area contributed by atoms with Gasteiger partial charge in [-0.25, -0.2) is 0 Å². The number of fused-ring (bicyclic) bond motifs is 1. The molecular weight excluding hydrogens is 260 g/mol. The van der Waals surface area contributed by atoms with Crippen LogP contribution in [0.3, 0.4) is 0 Å². The van der Waals surface area contributed by atoms with Gasteiger partial charge in [-0.1, -0.05) is 0 Å². The summed E-state index contributed by atoms with van der Waals surface area (Å²) in [5.41, 5.74) is 1.32. The highest BCUT2D eigenvalue weighted by Gasteiger charge is 2.32. The van der Waals surface area contributed by atoms with Gasteiger partial charge in [0.15, 0.2) is 0 Å². The maximum atomic E-state index is 12.7. The van der Waals surface area contributed by atoms with Crippen molar-refractivity contribution in [1.82, 2.24) is 10.2 Å². The van der Waals surface area contributed by atoms with E-state index in [1.807, 2.05) is 11.9 Å². The van der Waals surface area contributed by atoms with Gasteiger partial charge in [0.25, 0.3) is 0 Å². The molecule has 0 aliphatic carbocycles. The molecule has 104 valence electrons. The Balaban J connectivity index is 1.77. The number of nitrogens with zero attached hydrogens (tertiary/aromatic N) is 1. The fraction of sp³-hybridized carbons (Fsp3) is 0.643. The lowest BCUT2D eigenvalue weighted by Gasteiger charge is -2.26. The molecule has 1 N–H and O–H groups in total. The molecule has 4 nitrogen and oxygen atoms in total. The van der Waals surface area contributed by atoms with Crippen LogP contribution in [0.5, 0.6) is 0 Å². The van der Waals surface area contributed by atoms with Crippen LogP contribution < -0.4 is 5.32 Å². The van der Waals surface area contributed by atoms with E-state index >= 15 is 0 Å². The molecule has 1 amide bonds. The van der Waals surface area contributed by atoms with E-state index in [-0.39, 0.29) is 11.9 Å². The standard InChI is InChI=1S/C14H20N2O2S/c1-15-12-13-11(4-7-19-13)2-5-16(14(12)17)8-10-3-6-18-9-10/h4,7,10,12,15H,2-3,5-6,8-9H2,1H3. The summed E-state index contributed by atoms with van der Waals surface area (Å²) in [5.74, 6) is 0.730. The van der Waals surface area contributed by atoms with Crippen LogP contribution in [-0.2, 0) is 16.0 Å². The molecule has 0 aromatic carbocycles. The number of amides is 1.